The molecule has 5 nitrogen and oxygen atoms in total. The van der Waals surface area contributed by atoms with Crippen molar-refractivity contribution < 1.29 is 23.8 Å². The zero-order valence-electron chi connectivity index (χ0n) is 15.6. The molecule has 0 saturated carbocycles. The summed E-state index contributed by atoms with van der Waals surface area (Å²) in [5, 5.41) is 8.97. The number of halogens is 1. The van der Waals surface area contributed by atoms with Gasteiger partial charge in [0.1, 0.15) is 5.82 Å². The van der Waals surface area contributed by atoms with Crippen molar-refractivity contribution in [3.63, 3.8) is 0 Å². The summed E-state index contributed by atoms with van der Waals surface area (Å²) in [5.74, 6) is 0.195. The minimum atomic E-state index is -0.912. The fraction of sp³-hybridized carbons (Fsp3) is 0.381. The maximum atomic E-state index is 14.3. The number of ether oxygens (including phenoxy) is 2. The van der Waals surface area contributed by atoms with Crippen LogP contribution in [0.4, 0.5) is 4.39 Å². The van der Waals surface area contributed by atoms with E-state index in [0.717, 1.165) is 31.5 Å². The number of carboxylic acids is 1. The third-order valence-electron chi connectivity index (χ3n) is 5.04. The van der Waals surface area contributed by atoms with E-state index in [4.69, 9.17) is 14.6 Å². The first kappa shape index (κ1) is 19.2. The van der Waals surface area contributed by atoms with E-state index in [0.29, 0.717) is 35.1 Å². The largest absolute Gasteiger partial charge is 0.493 e. The predicted octanol–water partition coefficient (Wildman–Crippen LogP) is 3.61. The molecule has 0 amide bonds. The molecule has 1 heterocycles. The highest BCUT2D eigenvalue weighted by atomic mass is 19.1. The van der Waals surface area contributed by atoms with Gasteiger partial charge in [0.2, 0.25) is 0 Å². The lowest BCUT2D eigenvalue weighted by atomic mass is 9.98. The highest BCUT2D eigenvalue weighted by Crippen LogP contribution is 2.31. The fourth-order valence-electron chi connectivity index (χ4n) is 3.60. The number of likely N-dealkylation sites (tertiary alicyclic amines) is 1. The van der Waals surface area contributed by atoms with E-state index in [2.05, 4.69) is 4.90 Å². The van der Waals surface area contributed by atoms with E-state index in [-0.39, 0.29) is 5.82 Å². The molecular formula is C21H24FNO4. The van der Waals surface area contributed by atoms with Crippen LogP contribution < -0.4 is 9.47 Å². The zero-order valence-corrected chi connectivity index (χ0v) is 15.6. The van der Waals surface area contributed by atoms with Gasteiger partial charge in [0, 0.05) is 24.7 Å². The van der Waals surface area contributed by atoms with Crippen molar-refractivity contribution in [1.29, 1.82) is 0 Å². The molecule has 2 aromatic rings. The van der Waals surface area contributed by atoms with Crippen molar-refractivity contribution in [1.82, 2.24) is 4.90 Å². The Balaban J connectivity index is 1.60. The number of carboxylic acid groups (broad SMARTS) is 1. The maximum absolute atomic E-state index is 14.3. The minimum Gasteiger partial charge on any atom is -0.493 e. The summed E-state index contributed by atoms with van der Waals surface area (Å²) in [6.45, 7) is 2.32. The molecule has 1 aliphatic rings. The molecule has 1 fully saturated rings. The number of aromatic carboxylic acids is 1. The highest BCUT2D eigenvalue weighted by Gasteiger charge is 2.24. The van der Waals surface area contributed by atoms with Crippen LogP contribution in [0.3, 0.4) is 0 Å². The fourth-order valence-corrected chi connectivity index (χ4v) is 3.60. The minimum absolute atomic E-state index is 0.291. The van der Waals surface area contributed by atoms with Crippen molar-refractivity contribution in [3.05, 3.63) is 58.9 Å². The van der Waals surface area contributed by atoms with Gasteiger partial charge in [0.05, 0.1) is 19.8 Å². The zero-order chi connectivity index (χ0) is 19.4. The van der Waals surface area contributed by atoms with Gasteiger partial charge in [-0.3, -0.25) is 4.90 Å². The van der Waals surface area contributed by atoms with E-state index in [1.807, 2.05) is 12.1 Å². The molecule has 1 unspecified atom stereocenters. The molecule has 1 atom stereocenters. The number of nitrogens with zero attached hydrogens (tertiary/aromatic N) is 1. The Morgan fingerprint density at radius 1 is 1.19 bits per heavy atom. The summed E-state index contributed by atoms with van der Waals surface area (Å²) in [6.07, 6.45) is 1.93. The van der Waals surface area contributed by atoms with Crippen molar-refractivity contribution in [3.8, 4) is 11.5 Å². The van der Waals surface area contributed by atoms with Crippen LogP contribution >= 0.6 is 0 Å². The van der Waals surface area contributed by atoms with E-state index in [1.54, 1.807) is 25.3 Å². The molecule has 27 heavy (non-hydrogen) atoms. The lowest BCUT2D eigenvalue weighted by Crippen LogP contribution is -2.21. The molecule has 1 saturated heterocycles. The van der Waals surface area contributed by atoms with Gasteiger partial charge in [-0.05, 0) is 49.1 Å². The Bertz CT molecular complexity index is 807. The first-order chi connectivity index (χ1) is 13.0. The van der Waals surface area contributed by atoms with Crippen LogP contribution in [0, 0.1) is 11.7 Å². The predicted molar refractivity (Wildman–Crippen MR) is 100.0 cm³/mol. The Kier molecular flexibility index (Phi) is 5.96. The van der Waals surface area contributed by atoms with Gasteiger partial charge in [0.25, 0.3) is 0 Å². The lowest BCUT2D eigenvalue weighted by Gasteiger charge is -2.18. The number of hydrogen-bond donors (Lipinski definition) is 1. The Hall–Kier alpha value is -2.60. The van der Waals surface area contributed by atoms with E-state index in [9.17, 15) is 9.18 Å². The van der Waals surface area contributed by atoms with E-state index < -0.39 is 5.97 Å². The third kappa shape index (κ3) is 4.57. The van der Waals surface area contributed by atoms with Crippen LogP contribution in [0.15, 0.2) is 36.4 Å². The second kappa shape index (κ2) is 8.39. The Morgan fingerprint density at radius 3 is 2.48 bits per heavy atom. The normalized spacial score (nSPS) is 17.1. The second-order valence-corrected chi connectivity index (χ2v) is 6.89. The number of rotatable bonds is 7. The molecule has 2 aromatic carbocycles. The smallest absolute Gasteiger partial charge is 0.335 e. The molecule has 0 radical (unpaired) electrons. The maximum Gasteiger partial charge on any atom is 0.335 e. The van der Waals surface area contributed by atoms with Crippen LogP contribution in [0.1, 0.15) is 27.9 Å². The van der Waals surface area contributed by atoms with Gasteiger partial charge < -0.3 is 14.6 Å². The monoisotopic (exact) mass is 373 g/mol. The van der Waals surface area contributed by atoms with Gasteiger partial charge in [-0.15, -0.1) is 0 Å². The second-order valence-electron chi connectivity index (χ2n) is 6.89. The Labute approximate surface area is 158 Å². The quantitative estimate of drug-likeness (QED) is 0.804. The molecule has 1 aliphatic heterocycles. The first-order valence-corrected chi connectivity index (χ1v) is 8.95. The summed E-state index contributed by atoms with van der Waals surface area (Å²) < 4.78 is 24.7. The molecule has 3 rings (SSSR count). The summed E-state index contributed by atoms with van der Waals surface area (Å²) in [7, 11) is 3.03. The van der Waals surface area contributed by atoms with Crippen LogP contribution in [-0.2, 0) is 13.0 Å². The van der Waals surface area contributed by atoms with Gasteiger partial charge in [-0.1, -0.05) is 12.1 Å². The van der Waals surface area contributed by atoms with Crippen LogP contribution in [0.2, 0.25) is 0 Å². The lowest BCUT2D eigenvalue weighted by molar-refractivity contribution is 0.0697. The molecular weight excluding hydrogens is 349 g/mol. The van der Waals surface area contributed by atoms with Crippen molar-refractivity contribution >= 4 is 5.97 Å². The molecule has 0 bridgehead atoms. The average Bonchev–Trinajstić information content (AvgIpc) is 3.10. The van der Waals surface area contributed by atoms with E-state index in [1.165, 1.54) is 13.2 Å². The van der Waals surface area contributed by atoms with Gasteiger partial charge >= 0.3 is 5.97 Å². The number of methoxy groups -OCH3 is 2. The summed E-state index contributed by atoms with van der Waals surface area (Å²) >= 11 is 0. The number of hydrogen-bond acceptors (Lipinski definition) is 4. The number of carbonyl (C=O) groups is 1. The van der Waals surface area contributed by atoms with E-state index >= 15 is 0 Å². The van der Waals surface area contributed by atoms with Gasteiger partial charge in [-0.25, -0.2) is 9.18 Å². The standard InChI is InChI=1S/C21H24FNO4/c1-26-19-10-17(18(22)11-20(19)27-2)13-23-8-7-15(12-23)9-14-3-5-16(6-4-14)21(24)25/h3-6,10-11,15H,7-9,12-13H2,1-2H3,(H,24,25). The third-order valence-corrected chi connectivity index (χ3v) is 5.04. The SMILES string of the molecule is COc1cc(F)c(CN2CCC(Cc3ccc(C(=O)O)cc3)C2)cc1OC. The van der Waals surface area contributed by atoms with Crippen molar-refractivity contribution in [2.75, 3.05) is 27.3 Å². The molecule has 0 aliphatic carbocycles. The molecule has 0 spiro atoms. The number of benzene rings is 2. The highest BCUT2D eigenvalue weighted by molar-refractivity contribution is 5.87. The van der Waals surface area contributed by atoms with Crippen LogP contribution in [0.25, 0.3) is 0 Å². The average molecular weight is 373 g/mol. The molecule has 0 aromatic heterocycles. The molecule has 144 valence electrons. The first-order valence-electron chi connectivity index (χ1n) is 8.95. The summed E-state index contributed by atoms with van der Waals surface area (Å²) in [6, 6.07) is 10.1. The van der Waals surface area contributed by atoms with Gasteiger partial charge in [0.15, 0.2) is 11.5 Å². The topological polar surface area (TPSA) is 59.0 Å². The Morgan fingerprint density at radius 2 is 1.85 bits per heavy atom. The van der Waals surface area contributed by atoms with Crippen LogP contribution in [0.5, 0.6) is 11.5 Å². The van der Waals surface area contributed by atoms with Gasteiger partial charge in [-0.2, -0.15) is 0 Å². The summed E-state index contributed by atoms with van der Waals surface area (Å²) in [5.41, 5.74) is 2.03. The van der Waals surface area contributed by atoms with Crippen molar-refractivity contribution in [2.24, 2.45) is 5.92 Å². The molecule has 1 N–H and O–H groups in total. The summed E-state index contributed by atoms with van der Waals surface area (Å²) in [4.78, 5) is 13.2. The molecule has 6 heteroatoms. The van der Waals surface area contributed by atoms with Crippen molar-refractivity contribution in [2.45, 2.75) is 19.4 Å². The van der Waals surface area contributed by atoms with Crippen LogP contribution in [-0.4, -0.2) is 43.3 Å².